The predicted octanol–water partition coefficient (Wildman–Crippen LogP) is 3.87. The van der Waals surface area contributed by atoms with Crippen molar-refractivity contribution in [3.05, 3.63) is 59.8 Å². The average molecular weight is 351 g/mol. The molecule has 0 aliphatic rings. The Morgan fingerprint density at radius 1 is 1.00 bits per heavy atom. The van der Waals surface area contributed by atoms with E-state index >= 15 is 0 Å². The number of carbonyl (C=O) groups is 2. The van der Waals surface area contributed by atoms with Gasteiger partial charge in [-0.25, -0.2) is 9.97 Å². The van der Waals surface area contributed by atoms with Gasteiger partial charge in [0.05, 0.1) is 22.5 Å². The number of aromatic nitrogens is 2. The van der Waals surface area contributed by atoms with Crippen LogP contribution in [0.4, 0.5) is 5.69 Å². The van der Waals surface area contributed by atoms with Crippen LogP contribution in [0.25, 0.3) is 11.0 Å². The number of fused-ring (bicyclic) bond motifs is 1. The Kier molecular flexibility index (Phi) is 5.09. The molecule has 0 aliphatic heterocycles. The van der Waals surface area contributed by atoms with Crippen molar-refractivity contribution in [3.8, 4) is 0 Å². The maximum Gasteiger partial charge on any atom is 0.221 e. The number of nitrogens with one attached hydrogen (secondary N) is 1. The lowest BCUT2D eigenvalue weighted by molar-refractivity contribution is -0.114. The van der Waals surface area contributed by atoms with Crippen LogP contribution in [-0.2, 0) is 4.79 Å². The highest BCUT2D eigenvalue weighted by atomic mass is 32.2. The van der Waals surface area contributed by atoms with E-state index in [1.54, 1.807) is 24.3 Å². The Bertz CT molecular complexity index is 939. The standard InChI is InChI=1S/C19H17N3O2S/c1-12-19(22-17-6-4-3-5-16(17)20-12)25-11-18(24)14-7-9-15(10-8-14)21-13(2)23/h3-10H,11H2,1-2H3,(H,21,23). The molecule has 3 aromatic rings. The molecule has 5 nitrogen and oxygen atoms in total. The maximum atomic E-state index is 12.4. The quantitative estimate of drug-likeness (QED) is 0.558. The number of thioether (sulfide) groups is 1. The molecule has 1 aromatic heterocycles. The van der Waals surface area contributed by atoms with Crippen molar-refractivity contribution in [1.29, 1.82) is 0 Å². The van der Waals surface area contributed by atoms with Crippen LogP contribution in [0.5, 0.6) is 0 Å². The van der Waals surface area contributed by atoms with E-state index in [9.17, 15) is 9.59 Å². The van der Waals surface area contributed by atoms with E-state index in [-0.39, 0.29) is 17.4 Å². The molecule has 0 saturated heterocycles. The van der Waals surface area contributed by atoms with Crippen LogP contribution >= 0.6 is 11.8 Å². The molecule has 3 rings (SSSR count). The summed E-state index contributed by atoms with van der Waals surface area (Å²) < 4.78 is 0. The second kappa shape index (κ2) is 7.44. The number of amides is 1. The molecule has 0 radical (unpaired) electrons. The van der Waals surface area contributed by atoms with Gasteiger partial charge in [-0.3, -0.25) is 9.59 Å². The topological polar surface area (TPSA) is 72.0 Å². The second-order valence-electron chi connectivity index (χ2n) is 5.57. The minimum atomic E-state index is -0.139. The van der Waals surface area contributed by atoms with Crippen LogP contribution in [0.1, 0.15) is 23.0 Å². The van der Waals surface area contributed by atoms with Crippen LogP contribution in [0, 0.1) is 6.92 Å². The zero-order valence-electron chi connectivity index (χ0n) is 13.9. The third-order valence-electron chi connectivity index (χ3n) is 3.57. The van der Waals surface area contributed by atoms with Crippen LogP contribution in [0.3, 0.4) is 0 Å². The smallest absolute Gasteiger partial charge is 0.221 e. The predicted molar refractivity (Wildman–Crippen MR) is 100 cm³/mol. The van der Waals surface area contributed by atoms with E-state index in [0.29, 0.717) is 11.3 Å². The van der Waals surface area contributed by atoms with Crippen molar-refractivity contribution in [3.63, 3.8) is 0 Å². The minimum Gasteiger partial charge on any atom is -0.326 e. The van der Waals surface area contributed by atoms with Gasteiger partial charge in [0, 0.05) is 18.2 Å². The summed E-state index contributed by atoms with van der Waals surface area (Å²) in [6.45, 7) is 3.34. The third kappa shape index (κ3) is 4.22. The molecule has 0 aliphatic carbocycles. The molecule has 25 heavy (non-hydrogen) atoms. The average Bonchev–Trinajstić information content (AvgIpc) is 2.59. The molecular formula is C19H17N3O2S. The van der Waals surface area contributed by atoms with Gasteiger partial charge in [-0.2, -0.15) is 0 Å². The van der Waals surface area contributed by atoms with Gasteiger partial charge in [0.1, 0.15) is 5.03 Å². The largest absolute Gasteiger partial charge is 0.326 e. The SMILES string of the molecule is CC(=O)Nc1ccc(C(=O)CSc2nc3ccccc3nc2C)cc1. The van der Waals surface area contributed by atoms with Crippen LogP contribution in [0.15, 0.2) is 53.6 Å². The maximum absolute atomic E-state index is 12.4. The molecule has 0 unspecified atom stereocenters. The van der Waals surface area contributed by atoms with E-state index in [1.807, 2.05) is 31.2 Å². The van der Waals surface area contributed by atoms with Gasteiger partial charge in [0.2, 0.25) is 5.91 Å². The number of hydrogen-bond donors (Lipinski definition) is 1. The van der Waals surface area contributed by atoms with Crippen LogP contribution in [-0.4, -0.2) is 27.4 Å². The van der Waals surface area contributed by atoms with Gasteiger partial charge in [-0.15, -0.1) is 0 Å². The highest BCUT2D eigenvalue weighted by Crippen LogP contribution is 2.23. The molecule has 1 N–H and O–H groups in total. The van der Waals surface area contributed by atoms with Gasteiger partial charge < -0.3 is 5.32 Å². The van der Waals surface area contributed by atoms with Crippen molar-refractivity contribution in [2.45, 2.75) is 18.9 Å². The van der Waals surface area contributed by atoms with E-state index < -0.39 is 0 Å². The summed E-state index contributed by atoms with van der Waals surface area (Å²) in [7, 11) is 0. The summed E-state index contributed by atoms with van der Waals surface area (Å²) in [5, 5.41) is 3.45. The Labute approximate surface area is 149 Å². The Balaban J connectivity index is 1.69. The fraction of sp³-hybridized carbons (Fsp3) is 0.158. The highest BCUT2D eigenvalue weighted by molar-refractivity contribution is 8.00. The summed E-state index contributed by atoms with van der Waals surface area (Å²) in [5.74, 6) is 0.154. The number of hydrogen-bond acceptors (Lipinski definition) is 5. The van der Waals surface area contributed by atoms with E-state index in [4.69, 9.17) is 0 Å². The molecule has 2 aromatic carbocycles. The summed E-state index contributed by atoms with van der Waals surface area (Å²) in [4.78, 5) is 32.5. The number of carbonyl (C=O) groups excluding carboxylic acids is 2. The van der Waals surface area contributed by atoms with Gasteiger partial charge >= 0.3 is 0 Å². The molecule has 126 valence electrons. The highest BCUT2D eigenvalue weighted by Gasteiger charge is 2.11. The first-order valence-electron chi connectivity index (χ1n) is 7.80. The first-order valence-corrected chi connectivity index (χ1v) is 8.78. The molecule has 0 fully saturated rings. The third-order valence-corrected chi connectivity index (χ3v) is 4.64. The Morgan fingerprint density at radius 2 is 1.64 bits per heavy atom. The number of ketones is 1. The minimum absolute atomic E-state index is 0.00809. The molecule has 0 spiro atoms. The molecule has 0 bridgehead atoms. The van der Waals surface area contributed by atoms with E-state index in [1.165, 1.54) is 18.7 Å². The summed E-state index contributed by atoms with van der Waals surface area (Å²) in [5.41, 5.74) is 3.77. The zero-order valence-corrected chi connectivity index (χ0v) is 14.8. The number of aryl methyl sites for hydroxylation is 1. The lowest BCUT2D eigenvalue weighted by Crippen LogP contribution is -2.07. The summed E-state index contributed by atoms with van der Waals surface area (Å²) in [6.07, 6.45) is 0. The van der Waals surface area contributed by atoms with Crippen LogP contribution in [0.2, 0.25) is 0 Å². The van der Waals surface area contributed by atoms with E-state index in [0.717, 1.165) is 21.8 Å². The summed E-state index contributed by atoms with van der Waals surface area (Å²) >= 11 is 1.39. The number of anilines is 1. The molecule has 1 heterocycles. The number of benzene rings is 2. The van der Waals surface area contributed by atoms with Gasteiger partial charge in [-0.1, -0.05) is 23.9 Å². The molecule has 6 heteroatoms. The van der Waals surface area contributed by atoms with Gasteiger partial charge in [0.25, 0.3) is 0 Å². The Hall–Kier alpha value is -2.73. The molecule has 1 amide bonds. The number of Topliss-reactive ketones (excluding diaryl/α,β-unsaturated/α-hetero) is 1. The van der Waals surface area contributed by atoms with Crippen molar-refractivity contribution in [1.82, 2.24) is 9.97 Å². The van der Waals surface area contributed by atoms with Gasteiger partial charge in [0.15, 0.2) is 5.78 Å². The number of nitrogens with zero attached hydrogens (tertiary/aromatic N) is 2. The number of para-hydroxylation sites is 2. The molecule has 0 saturated carbocycles. The molecule has 0 atom stereocenters. The van der Waals surface area contributed by atoms with Crippen molar-refractivity contribution < 1.29 is 9.59 Å². The fourth-order valence-electron chi connectivity index (χ4n) is 2.37. The zero-order chi connectivity index (χ0) is 17.8. The molecular weight excluding hydrogens is 334 g/mol. The van der Waals surface area contributed by atoms with Crippen molar-refractivity contribution in [2.75, 3.05) is 11.1 Å². The number of rotatable bonds is 5. The normalized spacial score (nSPS) is 10.6. The monoisotopic (exact) mass is 351 g/mol. The first kappa shape index (κ1) is 17.1. The first-order chi connectivity index (χ1) is 12.0. The van der Waals surface area contributed by atoms with Crippen LogP contribution < -0.4 is 5.32 Å². The lowest BCUT2D eigenvalue weighted by atomic mass is 10.1. The van der Waals surface area contributed by atoms with Crippen molar-refractivity contribution in [2.24, 2.45) is 0 Å². The van der Waals surface area contributed by atoms with E-state index in [2.05, 4.69) is 15.3 Å². The fourth-order valence-corrected chi connectivity index (χ4v) is 3.22. The van der Waals surface area contributed by atoms with Gasteiger partial charge in [-0.05, 0) is 43.3 Å². The summed E-state index contributed by atoms with van der Waals surface area (Å²) in [6, 6.07) is 14.6. The lowest BCUT2D eigenvalue weighted by Gasteiger charge is -2.07. The Morgan fingerprint density at radius 3 is 2.28 bits per heavy atom. The second-order valence-corrected chi connectivity index (χ2v) is 6.54. The van der Waals surface area contributed by atoms with Crippen molar-refractivity contribution >= 4 is 40.2 Å².